The molecule has 0 N–H and O–H groups in total. The highest BCUT2D eigenvalue weighted by Crippen LogP contribution is 2.27. The first-order valence-electron chi connectivity index (χ1n) is 10.9. The van der Waals surface area contributed by atoms with Crippen molar-refractivity contribution >= 4 is 0 Å². The normalized spacial score (nSPS) is 14.0. The van der Waals surface area contributed by atoms with Gasteiger partial charge in [0.25, 0.3) is 0 Å². The Morgan fingerprint density at radius 1 is 0.968 bits per heavy atom. The van der Waals surface area contributed by atoms with Gasteiger partial charge in [-0.15, -0.1) is 0 Å². The van der Waals surface area contributed by atoms with Gasteiger partial charge in [0.2, 0.25) is 0 Å². The van der Waals surface area contributed by atoms with Crippen molar-refractivity contribution in [1.82, 2.24) is 24.6 Å². The first-order valence-corrected chi connectivity index (χ1v) is 10.9. The largest absolute Gasteiger partial charge is 0.294 e. The fourth-order valence-corrected chi connectivity index (χ4v) is 4.12. The van der Waals surface area contributed by atoms with E-state index in [1.165, 1.54) is 16.8 Å². The molecule has 0 atom stereocenters. The molecule has 0 bridgehead atoms. The SMILES string of the molecule is CC(C)c1ncc2c(n1)CCN(Cc1cn(-c3ccccc3)nc1-c1ccccc1)C2. The molecule has 1 aliphatic heterocycles. The van der Waals surface area contributed by atoms with E-state index >= 15 is 0 Å². The first-order chi connectivity index (χ1) is 15.2. The minimum atomic E-state index is 0.362. The number of aromatic nitrogens is 4. The van der Waals surface area contributed by atoms with Gasteiger partial charge >= 0.3 is 0 Å². The molecule has 156 valence electrons. The summed E-state index contributed by atoms with van der Waals surface area (Å²) in [5.41, 5.74) is 6.95. The van der Waals surface area contributed by atoms with E-state index in [2.05, 4.69) is 66.3 Å². The molecule has 2 aromatic heterocycles. The van der Waals surface area contributed by atoms with Gasteiger partial charge in [-0.25, -0.2) is 14.6 Å². The number of rotatable bonds is 5. The van der Waals surface area contributed by atoms with Crippen LogP contribution in [0.2, 0.25) is 0 Å². The number of para-hydroxylation sites is 1. The van der Waals surface area contributed by atoms with E-state index in [1.807, 2.05) is 35.1 Å². The summed E-state index contributed by atoms with van der Waals surface area (Å²) in [5, 5.41) is 4.96. The second-order valence-corrected chi connectivity index (χ2v) is 8.46. The topological polar surface area (TPSA) is 46.8 Å². The molecule has 0 spiro atoms. The maximum Gasteiger partial charge on any atom is 0.131 e. The zero-order valence-electron chi connectivity index (χ0n) is 18.1. The highest BCUT2D eigenvalue weighted by molar-refractivity contribution is 5.63. The molecule has 0 amide bonds. The van der Waals surface area contributed by atoms with E-state index in [4.69, 9.17) is 10.1 Å². The van der Waals surface area contributed by atoms with Crippen molar-refractivity contribution in [2.45, 2.75) is 39.3 Å². The zero-order chi connectivity index (χ0) is 21.2. The van der Waals surface area contributed by atoms with Crippen LogP contribution in [0.3, 0.4) is 0 Å². The van der Waals surface area contributed by atoms with Gasteiger partial charge in [0, 0.05) is 66.8 Å². The summed E-state index contributed by atoms with van der Waals surface area (Å²) in [6, 6.07) is 20.8. The number of nitrogens with zero attached hydrogens (tertiary/aromatic N) is 5. The minimum absolute atomic E-state index is 0.362. The Balaban J connectivity index is 1.44. The van der Waals surface area contributed by atoms with Crippen molar-refractivity contribution in [1.29, 1.82) is 0 Å². The molecule has 31 heavy (non-hydrogen) atoms. The fraction of sp³-hybridized carbons (Fsp3) is 0.269. The summed E-state index contributed by atoms with van der Waals surface area (Å²) in [6.45, 7) is 7.01. The van der Waals surface area contributed by atoms with Crippen LogP contribution in [-0.2, 0) is 19.5 Å². The molecule has 0 unspecified atom stereocenters. The molecule has 5 nitrogen and oxygen atoms in total. The number of fused-ring (bicyclic) bond motifs is 1. The average Bonchev–Trinajstić information content (AvgIpc) is 3.23. The monoisotopic (exact) mass is 409 g/mol. The molecule has 5 rings (SSSR count). The smallest absolute Gasteiger partial charge is 0.131 e. The standard InChI is InChI=1S/C26H27N5/c1-19(2)26-27-15-21-16-30(14-13-24(21)28-26)17-22-18-31(23-11-7-4-8-12-23)29-25(22)20-9-5-3-6-10-20/h3-12,15,18-19H,13-14,16-17H2,1-2H3. The molecule has 1 aliphatic rings. The predicted molar refractivity (Wildman–Crippen MR) is 123 cm³/mol. The van der Waals surface area contributed by atoms with Crippen LogP contribution < -0.4 is 0 Å². The van der Waals surface area contributed by atoms with E-state index in [0.29, 0.717) is 5.92 Å². The fourth-order valence-electron chi connectivity index (χ4n) is 4.12. The summed E-state index contributed by atoms with van der Waals surface area (Å²) in [4.78, 5) is 11.9. The van der Waals surface area contributed by atoms with Gasteiger partial charge in [-0.2, -0.15) is 5.10 Å². The Morgan fingerprint density at radius 3 is 2.45 bits per heavy atom. The van der Waals surface area contributed by atoms with Crippen molar-refractivity contribution in [2.75, 3.05) is 6.54 Å². The summed E-state index contributed by atoms with van der Waals surface area (Å²) in [6.07, 6.45) is 5.16. The average molecular weight is 410 g/mol. The Hall–Kier alpha value is -3.31. The van der Waals surface area contributed by atoms with Gasteiger partial charge in [-0.1, -0.05) is 62.4 Å². The summed E-state index contributed by atoms with van der Waals surface area (Å²) in [5.74, 6) is 1.31. The molecular formula is C26H27N5. The first kappa shape index (κ1) is 19.6. The summed E-state index contributed by atoms with van der Waals surface area (Å²) < 4.78 is 1.99. The van der Waals surface area contributed by atoms with Gasteiger partial charge in [0.15, 0.2) is 0 Å². The minimum Gasteiger partial charge on any atom is -0.294 e. The lowest BCUT2D eigenvalue weighted by Crippen LogP contribution is -2.31. The van der Waals surface area contributed by atoms with Crippen LogP contribution in [0.1, 0.15) is 42.4 Å². The van der Waals surface area contributed by atoms with Crippen LogP contribution in [-0.4, -0.2) is 31.2 Å². The zero-order valence-corrected chi connectivity index (χ0v) is 18.1. The van der Waals surface area contributed by atoms with Crippen LogP contribution in [0.5, 0.6) is 0 Å². The van der Waals surface area contributed by atoms with E-state index in [1.54, 1.807) is 0 Å². The van der Waals surface area contributed by atoms with Crippen molar-refractivity contribution in [3.05, 3.63) is 95.7 Å². The third-order valence-electron chi connectivity index (χ3n) is 5.80. The van der Waals surface area contributed by atoms with Gasteiger partial charge < -0.3 is 0 Å². The van der Waals surface area contributed by atoms with E-state index in [9.17, 15) is 0 Å². The van der Waals surface area contributed by atoms with Crippen molar-refractivity contribution in [3.63, 3.8) is 0 Å². The van der Waals surface area contributed by atoms with Crippen molar-refractivity contribution in [3.8, 4) is 16.9 Å². The highest BCUT2D eigenvalue weighted by Gasteiger charge is 2.21. The quantitative estimate of drug-likeness (QED) is 0.465. The molecule has 2 aromatic carbocycles. The number of hydrogen-bond donors (Lipinski definition) is 0. The molecule has 4 aromatic rings. The van der Waals surface area contributed by atoms with Gasteiger partial charge in [0.05, 0.1) is 11.4 Å². The number of benzene rings is 2. The molecule has 3 heterocycles. The summed E-state index contributed by atoms with van der Waals surface area (Å²) in [7, 11) is 0. The lowest BCUT2D eigenvalue weighted by atomic mass is 10.0. The third-order valence-corrected chi connectivity index (χ3v) is 5.80. The molecule has 0 fully saturated rings. The van der Waals surface area contributed by atoms with E-state index in [0.717, 1.165) is 48.8 Å². The van der Waals surface area contributed by atoms with Crippen LogP contribution in [0.15, 0.2) is 73.1 Å². The third kappa shape index (κ3) is 4.14. The Labute approximate surface area is 183 Å². The Bertz CT molecular complexity index is 1170. The van der Waals surface area contributed by atoms with Crippen molar-refractivity contribution < 1.29 is 0 Å². The molecule has 5 heteroatoms. The number of hydrogen-bond acceptors (Lipinski definition) is 4. The second kappa shape index (κ2) is 8.44. The Kier molecular flexibility index (Phi) is 5.35. The Morgan fingerprint density at radius 2 is 1.71 bits per heavy atom. The predicted octanol–water partition coefficient (Wildman–Crippen LogP) is 5.01. The van der Waals surface area contributed by atoms with Gasteiger partial charge in [0.1, 0.15) is 5.82 Å². The van der Waals surface area contributed by atoms with Crippen LogP contribution >= 0.6 is 0 Å². The van der Waals surface area contributed by atoms with Crippen molar-refractivity contribution in [2.24, 2.45) is 0 Å². The molecule has 0 saturated heterocycles. The molecule has 0 saturated carbocycles. The molecule has 0 aliphatic carbocycles. The maximum absolute atomic E-state index is 4.96. The van der Waals surface area contributed by atoms with Gasteiger partial charge in [-0.3, -0.25) is 4.90 Å². The molecular weight excluding hydrogens is 382 g/mol. The second-order valence-electron chi connectivity index (χ2n) is 8.46. The molecule has 0 radical (unpaired) electrons. The van der Waals surface area contributed by atoms with E-state index in [-0.39, 0.29) is 0 Å². The van der Waals surface area contributed by atoms with Crippen LogP contribution in [0.25, 0.3) is 16.9 Å². The van der Waals surface area contributed by atoms with Crippen LogP contribution in [0, 0.1) is 0 Å². The maximum atomic E-state index is 4.96. The lowest BCUT2D eigenvalue weighted by molar-refractivity contribution is 0.242. The van der Waals surface area contributed by atoms with Gasteiger partial charge in [-0.05, 0) is 12.1 Å². The highest BCUT2D eigenvalue weighted by atomic mass is 15.3. The van der Waals surface area contributed by atoms with Crippen LogP contribution in [0.4, 0.5) is 0 Å². The van der Waals surface area contributed by atoms with E-state index < -0.39 is 0 Å². The summed E-state index contributed by atoms with van der Waals surface area (Å²) >= 11 is 0. The lowest BCUT2D eigenvalue weighted by Gasteiger charge is -2.28.